The molecule has 1 aliphatic heterocycles. The van der Waals surface area contributed by atoms with Gasteiger partial charge in [-0.1, -0.05) is 24.3 Å². The number of rotatable bonds is 6. The van der Waals surface area contributed by atoms with Gasteiger partial charge >= 0.3 is 0 Å². The Kier molecular flexibility index (Phi) is 6.46. The van der Waals surface area contributed by atoms with E-state index in [0.29, 0.717) is 16.8 Å². The number of nitro benzene ring substituents is 1. The van der Waals surface area contributed by atoms with Crippen molar-refractivity contribution in [3.63, 3.8) is 0 Å². The van der Waals surface area contributed by atoms with Gasteiger partial charge in [0.2, 0.25) is 0 Å². The van der Waals surface area contributed by atoms with Gasteiger partial charge in [-0.25, -0.2) is 5.43 Å². The number of nitrogens with one attached hydrogen (secondary N) is 1. The lowest BCUT2D eigenvalue weighted by molar-refractivity contribution is -0.384. The minimum atomic E-state index is -0.464. The van der Waals surface area contributed by atoms with Crippen LogP contribution in [0.15, 0.2) is 53.6 Å². The number of nitro groups is 1. The zero-order chi connectivity index (χ0) is 19.9. The summed E-state index contributed by atoms with van der Waals surface area (Å²) in [6.45, 7) is 5.84. The molecule has 0 aromatic heterocycles. The molecule has 0 unspecified atom stereocenters. The number of hydrazone groups is 1. The van der Waals surface area contributed by atoms with Crippen molar-refractivity contribution in [2.24, 2.45) is 5.10 Å². The SMILES string of the molecule is C/C(=N/NC(=O)c1ccc(CN2CCOCC2)cc1)c1cccc([N+](=O)[O-])c1. The number of morpholine rings is 1. The first-order valence-electron chi connectivity index (χ1n) is 9.01. The summed E-state index contributed by atoms with van der Waals surface area (Å²) in [5.41, 5.74) is 5.18. The summed E-state index contributed by atoms with van der Waals surface area (Å²) in [5.74, 6) is -0.331. The van der Waals surface area contributed by atoms with Gasteiger partial charge < -0.3 is 4.74 Å². The number of hydrogen-bond acceptors (Lipinski definition) is 6. The van der Waals surface area contributed by atoms with E-state index in [1.807, 2.05) is 12.1 Å². The van der Waals surface area contributed by atoms with Gasteiger partial charge in [0.25, 0.3) is 11.6 Å². The maximum Gasteiger partial charge on any atom is 0.271 e. The lowest BCUT2D eigenvalue weighted by Gasteiger charge is -2.26. The molecule has 0 bridgehead atoms. The van der Waals surface area contributed by atoms with E-state index in [0.717, 1.165) is 38.4 Å². The summed E-state index contributed by atoms with van der Waals surface area (Å²) in [6, 6.07) is 13.5. The zero-order valence-electron chi connectivity index (χ0n) is 15.6. The summed E-state index contributed by atoms with van der Waals surface area (Å²) in [5, 5.41) is 14.9. The molecular formula is C20H22N4O4. The van der Waals surface area contributed by atoms with Crippen molar-refractivity contribution in [3.8, 4) is 0 Å². The maximum absolute atomic E-state index is 12.3. The van der Waals surface area contributed by atoms with E-state index in [1.165, 1.54) is 12.1 Å². The van der Waals surface area contributed by atoms with Crippen LogP contribution >= 0.6 is 0 Å². The number of ether oxygens (including phenoxy) is 1. The lowest BCUT2D eigenvalue weighted by Crippen LogP contribution is -2.35. The topological polar surface area (TPSA) is 97.1 Å². The molecule has 8 nitrogen and oxygen atoms in total. The van der Waals surface area contributed by atoms with Crippen molar-refractivity contribution in [1.82, 2.24) is 10.3 Å². The predicted octanol–water partition coefficient (Wildman–Crippen LogP) is 2.58. The van der Waals surface area contributed by atoms with Gasteiger partial charge in [0.15, 0.2) is 0 Å². The second-order valence-corrected chi connectivity index (χ2v) is 6.53. The van der Waals surface area contributed by atoms with E-state index in [4.69, 9.17) is 4.74 Å². The molecule has 1 heterocycles. The van der Waals surface area contributed by atoms with Crippen molar-refractivity contribution >= 4 is 17.3 Å². The second kappa shape index (κ2) is 9.20. The first-order chi connectivity index (χ1) is 13.5. The molecule has 0 spiro atoms. The third-order valence-corrected chi connectivity index (χ3v) is 4.53. The average Bonchev–Trinajstić information content (AvgIpc) is 2.73. The minimum absolute atomic E-state index is 0.0192. The standard InChI is InChI=1S/C20H22N4O4/c1-15(18-3-2-4-19(13-18)24(26)27)21-22-20(25)17-7-5-16(6-8-17)14-23-9-11-28-12-10-23/h2-8,13H,9-12,14H2,1H3,(H,22,25)/b21-15-. The average molecular weight is 382 g/mol. The molecule has 1 fully saturated rings. The van der Waals surface area contributed by atoms with E-state index in [-0.39, 0.29) is 11.6 Å². The monoisotopic (exact) mass is 382 g/mol. The Morgan fingerprint density at radius 2 is 1.89 bits per heavy atom. The number of amides is 1. The number of nitrogens with zero attached hydrogens (tertiary/aromatic N) is 3. The normalized spacial score (nSPS) is 15.2. The molecule has 2 aromatic rings. The van der Waals surface area contributed by atoms with Crippen molar-refractivity contribution < 1.29 is 14.5 Å². The van der Waals surface area contributed by atoms with Crippen molar-refractivity contribution in [3.05, 3.63) is 75.3 Å². The van der Waals surface area contributed by atoms with Gasteiger partial charge in [0.05, 0.1) is 23.8 Å². The third kappa shape index (κ3) is 5.21. The fourth-order valence-corrected chi connectivity index (χ4v) is 2.89. The molecule has 1 N–H and O–H groups in total. The Hall–Kier alpha value is -3.10. The van der Waals surface area contributed by atoms with Crippen LogP contribution in [-0.4, -0.2) is 47.7 Å². The highest BCUT2D eigenvalue weighted by atomic mass is 16.6. The molecule has 0 radical (unpaired) electrons. The highest BCUT2D eigenvalue weighted by Crippen LogP contribution is 2.14. The second-order valence-electron chi connectivity index (χ2n) is 6.53. The molecule has 3 rings (SSSR count). The van der Waals surface area contributed by atoms with Crippen LogP contribution in [0.3, 0.4) is 0 Å². The highest BCUT2D eigenvalue weighted by Gasteiger charge is 2.12. The quantitative estimate of drug-likeness (QED) is 0.470. The predicted molar refractivity (Wildman–Crippen MR) is 105 cm³/mol. The van der Waals surface area contributed by atoms with Gasteiger partial charge in [-0.3, -0.25) is 19.8 Å². The molecule has 0 atom stereocenters. The minimum Gasteiger partial charge on any atom is -0.379 e. The van der Waals surface area contributed by atoms with Crippen LogP contribution in [0, 0.1) is 10.1 Å². The molecule has 0 aliphatic carbocycles. The number of benzene rings is 2. The van der Waals surface area contributed by atoms with Crippen LogP contribution < -0.4 is 5.43 Å². The Bertz CT molecular complexity index is 874. The van der Waals surface area contributed by atoms with Gasteiger partial charge in [-0.2, -0.15) is 5.10 Å². The van der Waals surface area contributed by atoms with Crippen molar-refractivity contribution in [2.75, 3.05) is 26.3 Å². The molecule has 1 saturated heterocycles. The van der Waals surface area contributed by atoms with Crippen LogP contribution in [0.4, 0.5) is 5.69 Å². The molecule has 1 aliphatic rings. The fourth-order valence-electron chi connectivity index (χ4n) is 2.89. The number of carbonyl (C=O) groups excluding carboxylic acids is 1. The van der Waals surface area contributed by atoms with E-state index in [2.05, 4.69) is 15.4 Å². The molecule has 0 saturated carbocycles. The molecule has 1 amide bonds. The van der Waals surface area contributed by atoms with Crippen LogP contribution in [0.5, 0.6) is 0 Å². The smallest absolute Gasteiger partial charge is 0.271 e. The van der Waals surface area contributed by atoms with E-state index in [9.17, 15) is 14.9 Å². The summed E-state index contributed by atoms with van der Waals surface area (Å²) in [4.78, 5) is 25.0. The Labute approximate surface area is 163 Å². The summed E-state index contributed by atoms with van der Waals surface area (Å²) in [6.07, 6.45) is 0. The van der Waals surface area contributed by atoms with Crippen molar-refractivity contribution in [2.45, 2.75) is 13.5 Å². The van der Waals surface area contributed by atoms with Crippen LogP contribution in [0.1, 0.15) is 28.4 Å². The molecule has 2 aromatic carbocycles. The molecular weight excluding hydrogens is 360 g/mol. The zero-order valence-corrected chi connectivity index (χ0v) is 15.6. The summed E-state index contributed by atoms with van der Waals surface area (Å²) >= 11 is 0. The van der Waals surface area contributed by atoms with Crippen LogP contribution in [0.25, 0.3) is 0 Å². The first kappa shape index (κ1) is 19.7. The van der Waals surface area contributed by atoms with Gasteiger partial charge in [0.1, 0.15) is 0 Å². The van der Waals surface area contributed by atoms with E-state index in [1.54, 1.807) is 31.2 Å². The molecule has 28 heavy (non-hydrogen) atoms. The van der Waals surface area contributed by atoms with Gasteiger partial charge in [-0.05, 0) is 24.6 Å². The Balaban J connectivity index is 1.60. The summed E-state index contributed by atoms with van der Waals surface area (Å²) in [7, 11) is 0. The third-order valence-electron chi connectivity index (χ3n) is 4.53. The van der Waals surface area contributed by atoms with E-state index < -0.39 is 4.92 Å². The van der Waals surface area contributed by atoms with Gasteiger partial charge in [0, 0.05) is 42.9 Å². The molecule has 146 valence electrons. The largest absolute Gasteiger partial charge is 0.379 e. The fraction of sp³-hybridized carbons (Fsp3) is 0.300. The van der Waals surface area contributed by atoms with Gasteiger partial charge in [-0.15, -0.1) is 0 Å². The van der Waals surface area contributed by atoms with E-state index >= 15 is 0 Å². The lowest BCUT2D eigenvalue weighted by atomic mass is 10.1. The Morgan fingerprint density at radius 3 is 2.57 bits per heavy atom. The first-order valence-corrected chi connectivity index (χ1v) is 9.01. The maximum atomic E-state index is 12.3. The number of carbonyl (C=O) groups is 1. The van der Waals surface area contributed by atoms with Crippen molar-refractivity contribution in [1.29, 1.82) is 0 Å². The van der Waals surface area contributed by atoms with Crippen LogP contribution in [-0.2, 0) is 11.3 Å². The molecule has 8 heteroatoms. The van der Waals surface area contributed by atoms with Crippen LogP contribution in [0.2, 0.25) is 0 Å². The summed E-state index contributed by atoms with van der Waals surface area (Å²) < 4.78 is 5.34. The number of hydrogen-bond donors (Lipinski definition) is 1. The highest BCUT2D eigenvalue weighted by molar-refractivity contribution is 6.01. The number of non-ortho nitro benzene ring substituents is 1. The Morgan fingerprint density at radius 1 is 1.18 bits per heavy atom.